The summed E-state index contributed by atoms with van der Waals surface area (Å²) in [4.78, 5) is 0.822. The van der Waals surface area contributed by atoms with Crippen molar-refractivity contribution in [3.05, 3.63) is 22.3 Å². The van der Waals surface area contributed by atoms with Crippen molar-refractivity contribution in [2.75, 3.05) is 10.6 Å². The summed E-state index contributed by atoms with van der Waals surface area (Å²) in [6.07, 6.45) is 2.13. The van der Waals surface area contributed by atoms with Crippen LogP contribution in [0.25, 0.3) is 0 Å². The van der Waals surface area contributed by atoms with Crippen LogP contribution < -0.4 is 4.31 Å². The van der Waals surface area contributed by atoms with Gasteiger partial charge in [-0.3, -0.25) is 4.68 Å². The lowest BCUT2D eigenvalue weighted by molar-refractivity contribution is 0.581. The van der Waals surface area contributed by atoms with Gasteiger partial charge in [0.2, 0.25) is 10.0 Å². The lowest BCUT2D eigenvalue weighted by Crippen LogP contribution is -2.29. The highest BCUT2D eigenvalue weighted by Crippen LogP contribution is 2.22. The van der Waals surface area contributed by atoms with Gasteiger partial charge >= 0.3 is 0 Å². The van der Waals surface area contributed by atoms with Crippen LogP contribution in [-0.2, 0) is 23.1 Å². The Kier molecular flexibility index (Phi) is 4.62. The number of hydrogen-bond donors (Lipinski definition) is 0. The molecule has 2 aromatic heterocycles. The smallest absolute Gasteiger partial charge is 0.233 e. The number of nitrogens with zero attached hydrogens (tertiary/aromatic N) is 5. The lowest BCUT2D eigenvalue weighted by Gasteiger charge is -2.18. The largest absolute Gasteiger partial charge is 0.268 e. The van der Waals surface area contributed by atoms with Crippen molar-refractivity contribution >= 4 is 27.4 Å². The van der Waals surface area contributed by atoms with Gasteiger partial charge in [-0.2, -0.15) is 5.10 Å². The fourth-order valence-corrected chi connectivity index (χ4v) is 3.44. The molecule has 0 bridgehead atoms. The van der Waals surface area contributed by atoms with E-state index in [1.165, 1.54) is 22.1 Å². The molecule has 116 valence electrons. The van der Waals surface area contributed by atoms with Gasteiger partial charge < -0.3 is 0 Å². The van der Waals surface area contributed by atoms with Gasteiger partial charge in [0.25, 0.3) is 0 Å². The first-order chi connectivity index (χ1) is 9.82. The molecule has 7 nitrogen and oxygen atoms in total. The summed E-state index contributed by atoms with van der Waals surface area (Å²) < 4.78 is 31.1. The molecule has 0 saturated heterocycles. The fraction of sp³-hybridized carbons (Fsp3) is 0.583. The van der Waals surface area contributed by atoms with Crippen molar-refractivity contribution in [1.29, 1.82) is 0 Å². The van der Waals surface area contributed by atoms with Crippen molar-refractivity contribution in [3.63, 3.8) is 0 Å². The highest BCUT2D eigenvalue weighted by atomic mass is 32.2. The van der Waals surface area contributed by atoms with E-state index in [1.54, 1.807) is 6.07 Å². The summed E-state index contributed by atoms with van der Waals surface area (Å²) in [5.41, 5.74) is 1.69. The Morgan fingerprint density at radius 1 is 1.38 bits per heavy atom. The molecule has 0 unspecified atom stereocenters. The Hall–Kier alpha value is -1.48. The third kappa shape index (κ3) is 3.59. The van der Waals surface area contributed by atoms with E-state index in [1.807, 2.05) is 18.5 Å². The van der Waals surface area contributed by atoms with Gasteiger partial charge in [-0.05, 0) is 31.8 Å². The average molecular weight is 329 g/mol. The van der Waals surface area contributed by atoms with Crippen molar-refractivity contribution < 1.29 is 8.42 Å². The van der Waals surface area contributed by atoms with Crippen LogP contribution in [0.3, 0.4) is 0 Å². The SMILES string of the molecule is CCCn1nc(N(Cc2snnc2C)S(C)(=O)=O)cc1C. The molecule has 0 N–H and O–H groups in total. The van der Waals surface area contributed by atoms with E-state index in [-0.39, 0.29) is 6.54 Å². The van der Waals surface area contributed by atoms with E-state index < -0.39 is 10.0 Å². The number of rotatable bonds is 6. The minimum absolute atomic E-state index is 0.213. The van der Waals surface area contributed by atoms with Crippen LogP contribution >= 0.6 is 11.5 Å². The van der Waals surface area contributed by atoms with Crippen molar-refractivity contribution in [1.82, 2.24) is 19.4 Å². The maximum atomic E-state index is 12.1. The number of aryl methyl sites for hydroxylation is 3. The average Bonchev–Trinajstić information content (AvgIpc) is 2.93. The molecule has 0 aliphatic heterocycles. The molecule has 0 radical (unpaired) electrons. The normalized spacial score (nSPS) is 11.8. The van der Waals surface area contributed by atoms with Crippen LogP contribution in [0.4, 0.5) is 5.82 Å². The monoisotopic (exact) mass is 329 g/mol. The predicted molar refractivity (Wildman–Crippen MR) is 82.9 cm³/mol. The maximum Gasteiger partial charge on any atom is 0.233 e. The van der Waals surface area contributed by atoms with E-state index in [2.05, 4.69) is 21.6 Å². The maximum absolute atomic E-state index is 12.1. The number of sulfonamides is 1. The molecule has 0 aliphatic rings. The molecule has 2 heterocycles. The Labute approximate surface area is 128 Å². The Bertz CT molecular complexity index is 720. The van der Waals surface area contributed by atoms with E-state index >= 15 is 0 Å². The van der Waals surface area contributed by atoms with Gasteiger partial charge in [-0.15, -0.1) is 5.10 Å². The van der Waals surface area contributed by atoms with Crippen LogP contribution in [0, 0.1) is 13.8 Å². The second kappa shape index (κ2) is 6.10. The van der Waals surface area contributed by atoms with Crippen molar-refractivity contribution in [3.8, 4) is 0 Å². The number of anilines is 1. The van der Waals surface area contributed by atoms with Gasteiger partial charge in [0.05, 0.1) is 23.4 Å². The molecule has 0 saturated carbocycles. The van der Waals surface area contributed by atoms with Gasteiger partial charge in [-0.25, -0.2) is 12.7 Å². The molecule has 0 fully saturated rings. The zero-order valence-corrected chi connectivity index (χ0v) is 14.2. The Morgan fingerprint density at radius 2 is 2.10 bits per heavy atom. The van der Waals surface area contributed by atoms with E-state index in [4.69, 9.17) is 0 Å². The predicted octanol–water partition coefficient (Wildman–Crippen LogP) is 1.73. The summed E-state index contributed by atoms with van der Waals surface area (Å²) in [5.74, 6) is 0.441. The van der Waals surface area contributed by atoms with E-state index in [0.717, 1.165) is 29.2 Å². The number of hydrogen-bond acceptors (Lipinski definition) is 6. The first kappa shape index (κ1) is 15.9. The number of aromatic nitrogens is 4. The summed E-state index contributed by atoms with van der Waals surface area (Å²) in [7, 11) is -3.42. The standard InChI is InChI=1S/C12H19N5O2S2/c1-5-6-16-9(2)7-12(14-16)17(21(4,18)19)8-11-10(3)13-15-20-11/h7H,5-6,8H2,1-4H3. The van der Waals surface area contributed by atoms with Crippen molar-refractivity contribution in [2.24, 2.45) is 0 Å². The second-order valence-corrected chi connectivity index (χ2v) is 7.66. The van der Waals surface area contributed by atoms with E-state index in [9.17, 15) is 8.42 Å². The second-order valence-electron chi connectivity index (χ2n) is 4.92. The fourth-order valence-electron chi connectivity index (χ4n) is 1.95. The molecule has 2 aromatic rings. The third-order valence-corrected chi connectivity index (χ3v) is 5.02. The van der Waals surface area contributed by atoms with Crippen molar-refractivity contribution in [2.45, 2.75) is 40.3 Å². The molecular weight excluding hydrogens is 310 g/mol. The van der Waals surface area contributed by atoms with Gasteiger partial charge in [0.15, 0.2) is 5.82 Å². The molecule has 0 amide bonds. The molecule has 0 aromatic carbocycles. The molecule has 21 heavy (non-hydrogen) atoms. The zero-order valence-electron chi connectivity index (χ0n) is 12.6. The molecule has 0 atom stereocenters. The van der Waals surface area contributed by atoms with Crippen LogP contribution in [0.5, 0.6) is 0 Å². The summed E-state index contributed by atoms with van der Waals surface area (Å²) >= 11 is 1.21. The molecule has 0 aliphatic carbocycles. The minimum Gasteiger partial charge on any atom is -0.268 e. The van der Waals surface area contributed by atoms with Gasteiger partial charge in [0, 0.05) is 18.3 Å². The highest BCUT2D eigenvalue weighted by molar-refractivity contribution is 7.92. The van der Waals surface area contributed by atoms with Crippen LogP contribution in [-0.4, -0.2) is 34.0 Å². The summed E-state index contributed by atoms with van der Waals surface area (Å²) in [6, 6.07) is 1.79. The molecule has 0 spiro atoms. The summed E-state index contributed by atoms with van der Waals surface area (Å²) in [6.45, 7) is 6.78. The third-order valence-electron chi connectivity index (χ3n) is 3.09. The Balaban J connectivity index is 2.37. The molecule has 2 rings (SSSR count). The van der Waals surface area contributed by atoms with Gasteiger partial charge in [-0.1, -0.05) is 11.4 Å². The minimum atomic E-state index is -3.42. The quantitative estimate of drug-likeness (QED) is 0.806. The first-order valence-corrected chi connectivity index (χ1v) is 9.25. The topological polar surface area (TPSA) is 81.0 Å². The zero-order chi connectivity index (χ0) is 15.6. The summed E-state index contributed by atoms with van der Waals surface area (Å²) in [5, 5.41) is 8.32. The first-order valence-electron chi connectivity index (χ1n) is 6.63. The Morgan fingerprint density at radius 3 is 2.62 bits per heavy atom. The van der Waals surface area contributed by atoms with E-state index in [0.29, 0.717) is 5.82 Å². The highest BCUT2D eigenvalue weighted by Gasteiger charge is 2.23. The molecule has 9 heteroatoms. The lowest BCUT2D eigenvalue weighted by atomic mass is 10.4. The van der Waals surface area contributed by atoms with Gasteiger partial charge in [0.1, 0.15) is 0 Å². The van der Waals surface area contributed by atoms with Crippen LogP contribution in [0.1, 0.15) is 29.6 Å². The van der Waals surface area contributed by atoms with Crippen LogP contribution in [0.2, 0.25) is 0 Å². The van der Waals surface area contributed by atoms with Crippen LogP contribution in [0.15, 0.2) is 6.07 Å². The molecular formula is C12H19N5O2S2.